The summed E-state index contributed by atoms with van der Waals surface area (Å²) in [6.45, 7) is 0. The van der Waals surface area contributed by atoms with E-state index in [1.807, 2.05) is 72.8 Å². The number of phenolic OH excluding ortho intramolecular Hbond substituents is 1. The SMILES string of the molecule is Oc1c(-c2ccccc2)cccc1-c1nc2ccccc2o1. The molecule has 0 fully saturated rings. The van der Waals surface area contributed by atoms with Crippen LogP contribution < -0.4 is 0 Å². The zero-order chi connectivity index (χ0) is 14.9. The Kier molecular flexibility index (Phi) is 2.90. The van der Waals surface area contributed by atoms with Gasteiger partial charge in [-0.2, -0.15) is 0 Å². The summed E-state index contributed by atoms with van der Waals surface area (Å²) in [5.41, 5.74) is 3.81. The summed E-state index contributed by atoms with van der Waals surface area (Å²) < 4.78 is 5.75. The van der Waals surface area contributed by atoms with Crippen LogP contribution in [0.3, 0.4) is 0 Å². The Bertz CT molecular complexity index is 909. The van der Waals surface area contributed by atoms with Crippen LogP contribution in [0.25, 0.3) is 33.7 Å². The number of hydrogen-bond donors (Lipinski definition) is 1. The fourth-order valence-corrected chi connectivity index (χ4v) is 2.55. The van der Waals surface area contributed by atoms with E-state index in [4.69, 9.17) is 4.42 Å². The molecule has 106 valence electrons. The maximum Gasteiger partial charge on any atom is 0.231 e. The fraction of sp³-hybridized carbons (Fsp3) is 0. The van der Waals surface area contributed by atoms with Gasteiger partial charge in [-0.15, -0.1) is 0 Å². The fourth-order valence-electron chi connectivity index (χ4n) is 2.55. The van der Waals surface area contributed by atoms with E-state index in [0.717, 1.165) is 16.6 Å². The molecule has 0 saturated heterocycles. The molecule has 0 aliphatic heterocycles. The van der Waals surface area contributed by atoms with Crippen molar-refractivity contribution in [2.45, 2.75) is 0 Å². The van der Waals surface area contributed by atoms with E-state index < -0.39 is 0 Å². The van der Waals surface area contributed by atoms with Crippen molar-refractivity contribution in [2.75, 3.05) is 0 Å². The van der Waals surface area contributed by atoms with Gasteiger partial charge in [0.1, 0.15) is 11.3 Å². The van der Waals surface area contributed by atoms with Crippen molar-refractivity contribution in [3.63, 3.8) is 0 Å². The third-order valence-corrected chi connectivity index (χ3v) is 3.65. The van der Waals surface area contributed by atoms with Crippen LogP contribution in [0, 0.1) is 0 Å². The molecule has 0 radical (unpaired) electrons. The lowest BCUT2D eigenvalue weighted by atomic mass is 10.0. The highest BCUT2D eigenvalue weighted by Gasteiger charge is 2.15. The summed E-state index contributed by atoms with van der Waals surface area (Å²) >= 11 is 0. The van der Waals surface area contributed by atoms with Crippen LogP contribution in [0.2, 0.25) is 0 Å². The minimum Gasteiger partial charge on any atom is -0.506 e. The highest BCUT2D eigenvalue weighted by molar-refractivity contribution is 5.82. The molecule has 1 N–H and O–H groups in total. The first kappa shape index (κ1) is 12.7. The lowest BCUT2D eigenvalue weighted by Gasteiger charge is -2.07. The van der Waals surface area contributed by atoms with Gasteiger partial charge in [-0.3, -0.25) is 0 Å². The standard InChI is InChI=1S/C19H13NO2/c21-18-14(13-7-2-1-3-8-13)9-6-10-15(18)19-20-16-11-4-5-12-17(16)22-19/h1-12,21H. The average molecular weight is 287 g/mol. The zero-order valence-electron chi connectivity index (χ0n) is 11.7. The summed E-state index contributed by atoms with van der Waals surface area (Å²) in [7, 11) is 0. The van der Waals surface area contributed by atoms with E-state index in [1.165, 1.54) is 0 Å². The van der Waals surface area contributed by atoms with Crippen LogP contribution in [-0.4, -0.2) is 10.1 Å². The van der Waals surface area contributed by atoms with Crippen molar-refractivity contribution in [2.24, 2.45) is 0 Å². The third-order valence-electron chi connectivity index (χ3n) is 3.65. The molecule has 0 spiro atoms. The van der Waals surface area contributed by atoms with Crippen LogP contribution in [0.5, 0.6) is 5.75 Å². The monoisotopic (exact) mass is 287 g/mol. The Morgan fingerprint density at radius 1 is 0.727 bits per heavy atom. The summed E-state index contributed by atoms with van der Waals surface area (Å²) in [6, 6.07) is 22.9. The second kappa shape index (κ2) is 5.04. The van der Waals surface area contributed by atoms with Gasteiger partial charge in [0.2, 0.25) is 5.89 Å². The molecule has 0 atom stereocenters. The molecule has 0 saturated carbocycles. The molecule has 0 aliphatic carbocycles. The lowest BCUT2D eigenvalue weighted by molar-refractivity contribution is 0.476. The molecule has 4 rings (SSSR count). The largest absolute Gasteiger partial charge is 0.506 e. The molecular formula is C19H13NO2. The molecule has 1 heterocycles. The van der Waals surface area contributed by atoms with Gasteiger partial charge in [-0.1, -0.05) is 54.6 Å². The van der Waals surface area contributed by atoms with Crippen molar-refractivity contribution in [1.82, 2.24) is 4.98 Å². The second-order valence-electron chi connectivity index (χ2n) is 5.05. The van der Waals surface area contributed by atoms with Gasteiger partial charge in [0, 0.05) is 5.56 Å². The Balaban J connectivity index is 1.89. The Morgan fingerprint density at radius 2 is 1.45 bits per heavy atom. The minimum absolute atomic E-state index is 0.181. The number of para-hydroxylation sites is 3. The Labute approximate surface area is 127 Å². The van der Waals surface area contributed by atoms with Crippen LogP contribution in [0.4, 0.5) is 0 Å². The highest BCUT2D eigenvalue weighted by Crippen LogP contribution is 2.38. The Hall–Kier alpha value is -3.07. The quantitative estimate of drug-likeness (QED) is 0.572. The molecular weight excluding hydrogens is 274 g/mol. The maximum atomic E-state index is 10.6. The van der Waals surface area contributed by atoms with Crippen LogP contribution in [0.1, 0.15) is 0 Å². The van der Waals surface area contributed by atoms with E-state index in [2.05, 4.69) is 4.98 Å². The van der Waals surface area contributed by atoms with E-state index in [-0.39, 0.29) is 5.75 Å². The molecule has 3 nitrogen and oxygen atoms in total. The summed E-state index contributed by atoms with van der Waals surface area (Å²) in [6.07, 6.45) is 0. The zero-order valence-corrected chi connectivity index (χ0v) is 11.7. The number of benzene rings is 3. The second-order valence-corrected chi connectivity index (χ2v) is 5.05. The summed E-state index contributed by atoms with van der Waals surface area (Å²) in [4.78, 5) is 4.45. The van der Waals surface area contributed by atoms with Gasteiger partial charge in [0.25, 0.3) is 0 Å². The van der Waals surface area contributed by atoms with Crippen molar-refractivity contribution in [3.05, 3.63) is 72.8 Å². The first-order valence-electron chi connectivity index (χ1n) is 7.06. The van der Waals surface area contributed by atoms with Gasteiger partial charge in [0.05, 0.1) is 5.56 Å². The van der Waals surface area contributed by atoms with E-state index in [9.17, 15) is 5.11 Å². The topological polar surface area (TPSA) is 46.3 Å². The first-order valence-corrected chi connectivity index (χ1v) is 7.06. The smallest absolute Gasteiger partial charge is 0.231 e. The summed E-state index contributed by atoms with van der Waals surface area (Å²) in [5.74, 6) is 0.608. The highest BCUT2D eigenvalue weighted by atomic mass is 16.3. The number of phenols is 1. The van der Waals surface area contributed by atoms with Crippen molar-refractivity contribution in [1.29, 1.82) is 0 Å². The maximum absolute atomic E-state index is 10.6. The molecule has 0 unspecified atom stereocenters. The number of oxazole rings is 1. The first-order chi connectivity index (χ1) is 10.8. The van der Waals surface area contributed by atoms with Crippen LogP contribution >= 0.6 is 0 Å². The number of aromatic nitrogens is 1. The number of aromatic hydroxyl groups is 1. The van der Waals surface area contributed by atoms with Gasteiger partial charge in [-0.25, -0.2) is 4.98 Å². The number of fused-ring (bicyclic) bond motifs is 1. The number of nitrogens with zero attached hydrogens (tertiary/aromatic N) is 1. The Morgan fingerprint density at radius 3 is 2.27 bits per heavy atom. The lowest BCUT2D eigenvalue weighted by Crippen LogP contribution is -1.84. The third kappa shape index (κ3) is 2.04. The van der Waals surface area contributed by atoms with Crippen LogP contribution in [0.15, 0.2) is 77.2 Å². The molecule has 3 heteroatoms. The normalized spacial score (nSPS) is 10.9. The average Bonchev–Trinajstić information content (AvgIpc) is 2.99. The van der Waals surface area contributed by atoms with Crippen molar-refractivity contribution in [3.8, 4) is 28.3 Å². The number of rotatable bonds is 2. The van der Waals surface area contributed by atoms with Gasteiger partial charge < -0.3 is 9.52 Å². The number of hydrogen-bond acceptors (Lipinski definition) is 3. The minimum atomic E-state index is 0.181. The van der Waals surface area contributed by atoms with Crippen molar-refractivity contribution >= 4 is 11.1 Å². The molecule has 22 heavy (non-hydrogen) atoms. The molecule has 3 aromatic carbocycles. The molecule has 0 bridgehead atoms. The predicted molar refractivity (Wildman–Crippen MR) is 86.5 cm³/mol. The van der Waals surface area contributed by atoms with E-state index >= 15 is 0 Å². The summed E-state index contributed by atoms with van der Waals surface area (Å²) in [5, 5.41) is 10.6. The molecule has 0 aliphatic rings. The van der Waals surface area contributed by atoms with Gasteiger partial charge >= 0.3 is 0 Å². The van der Waals surface area contributed by atoms with Gasteiger partial charge in [0.15, 0.2) is 5.58 Å². The predicted octanol–water partition coefficient (Wildman–Crippen LogP) is 4.87. The molecule has 1 aromatic heterocycles. The van der Waals surface area contributed by atoms with E-state index in [0.29, 0.717) is 17.0 Å². The van der Waals surface area contributed by atoms with Crippen molar-refractivity contribution < 1.29 is 9.52 Å². The van der Waals surface area contributed by atoms with Crippen LogP contribution in [-0.2, 0) is 0 Å². The van der Waals surface area contributed by atoms with E-state index in [1.54, 1.807) is 0 Å². The van der Waals surface area contributed by atoms with Gasteiger partial charge in [-0.05, 0) is 23.8 Å². The molecule has 0 amide bonds. The molecule has 4 aromatic rings.